The fraction of sp³-hybridized carbons (Fsp3) is 0.800. The molecule has 0 saturated heterocycles. The summed E-state index contributed by atoms with van der Waals surface area (Å²) in [6.07, 6.45) is 11.1. The highest BCUT2D eigenvalue weighted by Crippen LogP contribution is 2.38. The normalized spacial score (nSPS) is 26.2. The molecule has 18 heavy (non-hydrogen) atoms. The molecule has 0 spiro atoms. The van der Waals surface area contributed by atoms with E-state index in [1.807, 2.05) is 17.1 Å². The van der Waals surface area contributed by atoms with Crippen molar-refractivity contribution in [3.63, 3.8) is 0 Å². The minimum absolute atomic E-state index is 0.312. The molecule has 1 fully saturated rings. The molecule has 1 aliphatic rings. The van der Waals surface area contributed by atoms with E-state index in [1.54, 1.807) is 0 Å². The van der Waals surface area contributed by atoms with Crippen LogP contribution >= 0.6 is 0 Å². The third-order valence-corrected chi connectivity index (χ3v) is 4.35. The molecule has 1 atom stereocenters. The summed E-state index contributed by atoms with van der Waals surface area (Å²) < 4.78 is 1.89. The number of aryl methyl sites for hydroxylation is 1. The number of aliphatic hydroxyl groups is 1. The molecule has 0 amide bonds. The van der Waals surface area contributed by atoms with Gasteiger partial charge in [-0.3, -0.25) is 4.68 Å². The van der Waals surface area contributed by atoms with Gasteiger partial charge in [-0.25, -0.2) is 0 Å². The van der Waals surface area contributed by atoms with Gasteiger partial charge in [-0.1, -0.05) is 32.6 Å². The summed E-state index contributed by atoms with van der Waals surface area (Å²) in [5, 5.41) is 14.7. The van der Waals surface area contributed by atoms with Crippen LogP contribution in [0.3, 0.4) is 0 Å². The van der Waals surface area contributed by atoms with E-state index in [2.05, 4.69) is 18.9 Å². The Balaban J connectivity index is 1.88. The first kappa shape index (κ1) is 13.6. The molecule has 0 aliphatic heterocycles. The molecule has 102 valence electrons. The van der Waals surface area contributed by atoms with Gasteiger partial charge in [-0.15, -0.1) is 0 Å². The van der Waals surface area contributed by atoms with Crippen molar-refractivity contribution in [2.75, 3.05) is 0 Å². The lowest BCUT2D eigenvalue weighted by molar-refractivity contribution is 0.0721. The Morgan fingerprint density at radius 1 is 1.33 bits per heavy atom. The van der Waals surface area contributed by atoms with Crippen LogP contribution in [-0.4, -0.2) is 14.9 Å². The second kappa shape index (κ2) is 6.37. The lowest BCUT2D eigenvalue weighted by Crippen LogP contribution is -2.20. The van der Waals surface area contributed by atoms with Gasteiger partial charge >= 0.3 is 0 Å². The Bertz CT molecular complexity index is 353. The van der Waals surface area contributed by atoms with Crippen LogP contribution in [0.4, 0.5) is 0 Å². The topological polar surface area (TPSA) is 38.1 Å². The zero-order valence-corrected chi connectivity index (χ0v) is 11.7. The van der Waals surface area contributed by atoms with Gasteiger partial charge in [0.15, 0.2) is 0 Å². The quantitative estimate of drug-likeness (QED) is 0.868. The molecule has 0 aromatic carbocycles. The fourth-order valence-electron chi connectivity index (χ4n) is 3.18. The molecule has 1 aromatic heterocycles. The molecule has 3 nitrogen and oxygen atoms in total. The van der Waals surface area contributed by atoms with Gasteiger partial charge in [-0.05, 0) is 31.6 Å². The van der Waals surface area contributed by atoms with Gasteiger partial charge in [0.1, 0.15) is 0 Å². The molecule has 0 radical (unpaired) electrons. The van der Waals surface area contributed by atoms with Crippen LogP contribution in [0.2, 0.25) is 0 Å². The summed E-state index contributed by atoms with van der Waals surface area (Å²) in [6.45, 7) is 5.20. The highest BCUT2D eigenvalue weighted by molar-refractivity contribution is 5.09. The molecule has 1 N–H and O–H groups in total. The molecule has 1 aliphatic carbocycles. The summed E-state index contributed by atoms with van der Waals surface area (Å²) in [5.41, 5.74) is 0.996. The van der Waals surface area contributed by atoms with Crippen molar-refractivity contribution >= 4 is 0 Å². The van der Waals surface area contributed by atoms with Crippen molar-refractivity contribution < 1.29 is 5.11 Å². The second-order valence-corrected chi connectivity index (χ2v) is 5.64. The maximum atomic E-state index is 10.4. The van der Waals surface area contributed by atoms with E-state index in [-0.39, 0.29) is 6.10 Å². The average Bonchev–Trinajstić information content (AvgIpc) is 2.88. The maximum Gasteiger partial charge on any atom is 0.0848 e. The summed E-state index contributed by atoms with van der Waals surface area (Å²) in [7, 11) is 0. The van der Waals surface area contributed by atoms with Crippen molar-refractivity contribution in [1.29, 1.82) is 0 Å². The largest absolute Gasteiger partial charge is 0.388 e. The summed E-state index contributed by atoms with van der Waals surface area (Å²) >= 11 is 0. The SMILES string of the molecule is CCCC1CCC(C(O)c2cnn(CC)c2)CC1. The van der Waals surface area contributed by atoms with Crippen LogP contribution in [0.1, 0.15) is 64.0 Å². The first-order valence-corrected chi connectivity index (χ1v) is 7.45. The van der Waals surface area contributed by atoms with Crippen molar-refractivity contribution in [2.45, 2.75) is 65.0 Å². The molecular formula is C15H26N2O. The summed E-state index contributed by atoms with van der Waals surface area (Å²) in [4.78, 5) is 0. The van der Waals surface area contributed by atoms with Crippen LogP contribution in [0.15, 0.2) is 12.4 Å². The smallest absolute Gasteiger partial charge is 0.0848 e. The maximum absolute atomic E-state index is 10.4. The first-order chi connectivity index (χ1) is 8.74. The Labute approximate surface area is 110 Å². The molecule has 1 aromatic rings. The summed E-state index contributed by atoms with van der Waals surface area (Å²) in [5.74, 6) is 1.34. The molecule has 1 unspecified atom stereocenters. The number of nitrogens with zero attached hydrogens (tertiary/aromatic N) is 2. The number of aliphatic hydroxyl groups excluding tert-OH is 1. The molecule has 3 heteroatoms. The second-order valence-electron chi connectivity index (χ2n) is 5.64. The first-order valence-electron chi connectivity index (χ1n) is 7.45. The van der Waals surface area contributed by atoms with Gasteiger partial charge in [0, 0.05) is 18.3 Å². The third kappa shape index (κ3) is 3.14. The van der Waals surface area contributed by atoms with E-state index in [1.165, 1.54) is 38.5 Å². The van der Waals surface area contributed by atoms with Crippen molar-refractivity contribution in [2.24, 2.45) is 11.8 Å². The van der Waals surface area contributed by atoms with E-state index < -0.39 is 0 Å². The van der Waals surface area contributed by atoms with Crippen LogP contribution in [-0.2, 0) is 6.54 Å². The molecule has 0 bridgehead atoms. The predicted molar refractivity (Wildman–Crippen MR) is 73.2 cm³/mol. The van der Waals surface area contributed by atoms with Gasteiger partial charge in [-0.2, -0.15) is 5.10 Å². The van der Waals surface area contributed by atoms with E-state index >= 15 is 0 Å². The molecular weight excluding hydrogens is 224 g/mol. The van der Waals surface area contributed by atoms with E-state index in [0.29, 0.717) is 5.92 Å². The fourth-order valence-corrected chi connectivity index (χ4v) is 3.18. The molecule has 2 rings (SSSR count). The Morgan fingerprint density at radius 3 is 2.61 bits per heavy atom. The minimum Gasteiger partial charge on any atom is -0.388 e. The Morgan fingerprint density at radius 2 is 2.06 bits per heavy atom. The minimum atomic E-state index is -0.312. The highest BCUT2D eigenvalue weighted by Gasteiger charge is 2.27. The van der Waals surface area contributed by atoms with E-state index in [0.717, 1.165) is 18.0 Å². The van der Waals surface area contributed by atoms with Gasteiger partial charge < -0.3 is 5.11 Å². The third-order valence-electron chi connectivity index (χ3n) is 4.35. The number of rotatable bonds is 5. The predicted octanol–water partition coefficient (Wildman–Crippen LogP) is 3.54. The number of hydrogen-bond donors (Lipinski definition) is 1. The zero-order valence-electron chi connectivity index (χ0n) is 11.7. The van der Waals surface area contributed by atoms with Gasteiger partial charge in [0.2, 0.25) is 0 Å². The monoisotopic (exact) mass is 250 g/mol. The van der Waals surface area contributed by atoms with Crippen LogP contribution in [0.5, 0.6) is 0 Å². The van der Waals surface area contributed by atoms with Gasteiger partial charge in [0.05, 0.1) is 12.3 Å². The van der Waals surface area contributed by atoms with Crippen molar-refractivity contribution in [3.8, 4) is 0 Å². The number of hydrogen-bond acceptors (Lipinski definition) is 2. The molecule has 1 heterocycles. The zero-order chi connectivity index (χ0) is 13.0. The molecule has 1 saturated carbocycles. The van der Waals surface area contributed by atoms with Gasteiger partial charge in [0.25, 0.3) is 0 Å². The van der Waals surface area contributed by atoms with Crippen molar-refractivity contribution in [1.82, 2.24) is 9.78 Å². The lowest BCUT2D eigenvalue weighted by Gasteiger charge is -2.31. The Hall–Kier alpha value is -0.830. The standard InChI is InChI=1S/C15H26N2O/c1-3-5-12-6-8-13(9-7-12)15(18)14-10-16-17(4-2)11-14/h10-13,15,18H,3-9H2,1-2H3. The highest BCUT2D eigenvalue weighted by atomic mass is 16.3. The number of aromatic nitrogens is 2. The average molecular weight is 250 g/mol. The van der Waals surface area contributed by atoms with Crippen LogP contribution < -0.4 is 0 Å². The van der Waals surface area contributed by atoms with Crippen LogP contribution in [0, 0.1) is 11.8 Å². The lowest BCUT2D eigenvalue weighted by atomic mass is 9.77. The summed E-state index contributed by atoms with van der Waals surface area (Å²) in [6, 6.07) is 0. The van der Waals surface area contributed by atoms with Crippen molar-refractivity contribution in [3.05, 3.63) is 18.0 Å². The van der Waals surface area contributed by atoms with E-state index in [9.17, 15) is 5.11 Å². The van der Waals surface area contributed by atoms with E-state index in [4.69, 9.17) is 0 Å². The Kier molecular flexibility index (Phi) is 4.81. The van der Waals surface area contributed by atoms with Crippen LogP contribution in [0.25, 0.3) is 0 Å².